The SMILES string of the molecule is Cc1cc(C(F)F)nn1C(C)C(=O)N[C@@H](Cc1cc(F)cc(F)c1)c1nc2cc(N3C[C@@H](C)O[C@@H](C)C3)ccc2c(=O)n1-c1ccc(Cl)c2c(NS(C)(=O)=O)nn(CC(F)F)c12. The molecule has 330 valence electrons. The first kappa shape index (κ1) is 44.4. The molecule has 22 heteroatoms. The molecule has 7 rings (SSSR count). The molecule has 6 aromatic rings. The van der Waals surface area contributed by atoms with Gasteiger partial charge >= 0.3 is 0 Å². The normalized spacial score (nSPS) is 17.0. The molecule has 3 aromatic heterocycles. The first-order valence-electron chi connectivity index (χ1n) is 19.2. The lowest BCUT2D eigenvalue weighted by molar-refractivity contribution is -0.125. The van der Waals surface area contributed by atoms with E-state index in [0.29, 0.717) is 24.8 Å². The fourth-order valence-corrected chi connectivity index (χ4v) is 8.52. The average molecular weight is 908 g/mol. The molecule has 1 fully saturated rings. The Bertz CT molecular complexity index is 2840. The van der Waals surface area contributed by atoms with Gasteiger partial charge in [0, 0.05) is 37.0 Å². The molecule has 1 unspecified atom stereocenters. The van der Waals surface area contributed by atoms with E-state index in [4.69, 9.17) is 21.3 Å². The van der Waals surface area contributed by atoms with Crippen molar-refractivity contribution in [3.8, 4) is 5.69 Å². The van der Waals surface area contributed by atoms with Gasteiger partial charge in [0.1, 0.15) is 35.7 Å². The molecule has 1 aliphatic heterocycles. The van der Waals surface area contributed by atoms with Crippen molar-refractivity contribution in [2.24, 2.45) is 0 Å². The van der Waals surface area contributed by atoms with Crippen LogP contribution in [0.25, 0.3) is 27.5 Å². The molecule has 4 heterocycles. The van der Waals surface area contributed by atoms with Crippen molar-refractivity contribution in [1.82, 2.24) is 34.4 Å². The minimum absolute atomic E-state index is 0.00900. The minimum Gasteiger partial charge on any atom is -0.372 e. The number of carbonyl (C=O) groups excluding carboxylic acids is 1. The van der Waals surface area contributed by atoms with Crippen LogP contribution in [-0.2, 0) is 32.5 Å². The van der Waals surface area contributed by atoms with Gasteiger partial charge in [-0.3, -0.25) is 28.2 Å². The first-order chi connectivity index (χ1) is 29.2. The van der Waals surface area contributed by atoms with Crippen molar-refractivity contribution < 1.29 is 44.3 Å². The van der Waals surface area contributed by atoms with E-state index in [-0.39, 0.29) is 61.8 Å². The predicted molar refractivity (Wildman–Crippen MR) is 220 cm³/mol. The van der Waals surface area contributed by atoms with Crippen molar-refractivity contribution in [2.45, 2.75) is 77.8 Å². The number of carbonyl (C=O) groups is 1. The van der Waals surface area contributed by atoms with E-state index in [1.54, 1.807) is 12.1 Å². The number of halogens is 7. The second-order valence-corrected chi connectivity index (χ2v) is 17.4. The maximum absolute atomic E-state index is 15.1. The van der Waals surface area contributed by atoms with Crippen molar-refractivity contribution in [2.75, 3.05) is 29.0 Å². The number of fused-ring (bicyclic) bond motifs is 2. The smallest absolute Gasteiger partial charge is 0.282 e. The summed E-state index contributed by atoms with van der Waals surface area (Å²) in [4.78, 5) is 36.3. The number of anilines is 2. The van der Waals surface area contributed by atoms with E-state index in [9.17, 15) is 39.6 Å². The van der Waals surface area contributed by atoms with Crippen LogP contribution in [0.2, 0.25) is 5.02 Å². The molecule has 3 aromatic carbocycles. The minimum atomic E-state index is -4.07. The van der Waals surface area contributed by atoms with E-state index in [1.807, 2.05) is 18.7 Å². The van der Waals surface area contributed by atoms with Gasteiger partial charge in [-0.2, -0.15) is 10.2 Å². The largest absolute Gasteiger partial charge is 0.372 e. The van der Waals surface area contributed by atoms with Crippen molar-refractivity contribution in [3.63, 3.8) is 0 Å². The number of alkyl halides is 4. The highest BCUT2D eigenvalue weighted by Gasteiger charge is 2.31. The first-order valence-corrected chi connectivity index (χ1v) is 21.5. The Morgan fingerprint density at radius 1 is 0.984 bits per heavy atom. The van der Waals surface area contributed by atoms with E-state index < -0.39 is 82.5 Å². The zero-order valence-corrected chi connectivity index (χ0v) is 35.3. The van der Waals surface area contributed by atoms with Gasteiger partial charge in [-0.25, -0.2) is 39.7 Å². The summed E-state index contributed by atoms with van der Waals surface area (Å²) in [6.07, 6.45) is -5.92. The van der Waals surface area contributed by atoms with Gasteiger partial charge in [0.05, 0.1) is 57.0 Å². The summed E-state index contributed by atoms with van der Waals surface area (Å²) in [7, 11) is -4.07. The van der Waals surface area contributed by atoms with Crippen LogP contribution in [0.15, 0.2) is 59.4 Å². The van der Waals surface area contributed by atoms with Crippen LogP contribution in [0.1, 0.15) is 62.1 Å². The molecule has 0 bridgehead atoms. The summed E-state index contributed by atoms with van der Waals surface area (Å²) in [6.45, 7) is 6.54. The highest BCUT2D eigenvalue weighted by molar-refractivity contribution is 7.92. The summed E-state index contributed by atoms with van der Waals surface area (Å²) < 4.78 is 121. The summed E-state index contributed by atoms with van der Waals surface area (Å²) in [6, 6.07) is 8.43. The maximum atomic E-state index is 15.1. The Labute approximate surface area is 355 Å². The number of morpholine rings is 1. The van der Waals surface area contributed by atoms with Crippen LogP contribution < -0.4 is 20.5 Å². The van der Waals surface area contributed by atoms with Crippen LogP contribution in [0, 0.1) is 18.6 Å². The third-order valence-corrected chi connectivity index (χ3v) is 11.1. The number of amides is 1. The molecule has 0 aliphatic carbocycles. The number of nitrogens with one attached hydrogen (secondary N) is 2. The van der Waals surface area contributed by atoms with Crippen LogP contribution >= 0.6 is 11.6 Å². The summed E-state index contributed by atoms with van der Waals surface area (Å²) in [5.41, 5.74) is -0.839. The Kier molecular flexibility index (Phi) is 12.3. The van der Waals surface area contributed by atoms with Crippen LogP contribution in [-0.4, -0.2) is 81.4 Å². The van der Waals surface area contributed by atoms with Crippen LogP contribution in [0.5, 0.6) is 0 Å². The molecule has 0 spiro atoms. The number of hydrogen-bond acceptors (Lipinski definition) is 9. The lowest BCUT2D eigenvalue weighted by Crippen LogP contribution is -2.45. The second kappa shape index (κ2) is 17.2. The molecule has 2 N–H and O–H groups in total. The number of sulfonamides is 1. The van der Waals surface area contributed by atoms with Gasteiger partial charge in [0.15, 0.2) is 5.82 Å². The van der Waals surface area contributed by atoms with Crippen molar-refractivity contribution in [3.05, 3.63) is 104 Å². The molecule has 62 heavy (non-hydrogen) atoms. The Balaban J connectivity index is 1.52. The fourth-order valence-electron chi connectivity index (χ4n) is 7.78. The maximum Gasteiger partial charge on any atom is 0.282 e. The summed E-state index contributed by atoms with van der Waals surface area (Å²) >= 11 is 6.61. The number of aryl methyl sites for hydroxylation is 1. The quantitative estimate of drug-likeness (QED) is 0.116. The average Bonchev–Trinajstić information content (AvgIpc) is 3.73. The number of aromatic nitrogens is 6. The monoisotopic (exact) mass is 907 g/mol. The number of hydrogen-bond donors (Lipinski definition) is 2. The second-order valence-electron chi connectivity index (χ2n) is 15.2. The van der Waals surface area contributed by atoms with Crippen LogP contribution in [0.4, 0.5) is 37.8 Å². The van der Waals surface area contributed by atoms with Crippen LogP contribution in [0.3, 0.4) is 0 Å². The molecular weight excluding hydrogens is 868 g/mol. The van der Waals surface area contributed by atoms with E-state index >= 15 is 4.79 Å². The molecule has 1 amide bonds. The molecule has 1 aliphatic rings. The lowest BCUT2D eigenvalue weighted by atomic mass is 10.0. The summed E-state index contributed by atoms with van der Waals surface area (Å²) in [5, 5.41) is 10.5. The van der Waals surface area contributed by atoms with Gasteiger partial charge in [-0.15, -0.1) is 0 Å². The van der Waals surface area contributed by atoms with E-state index in [1.165, 1.54) is 32.0 Å². The van der Waals surface area contributed by atoms with E-state index in [2.05, 4.69) is 20.2 Å². The van der Waals surface area contributed by atoms with E-state index in [0.717, 1.165) is 38.4 Å². The fraction of sp³-hybridized carbons (Fsp3) is 0.375. The standard InChI is InChI=1S/C40H40ClF6N9O5S/c1-19-10-30(36(46)47)50-56(19)22(4)39(57)49-31(13-23-11-24(42)14-25(43)12-23)38-48-29-15-26(53-16-20(2)61-21(3)17-53)6-7-27(29)40(58)55(38)32-9-8-28(41)34-35(32)54(18-33(44)45)51-37(34)52-62(5,59)60/h6-12,14-15,20-22,31,33,36H,13,16-18H2,1-5H3,(H,49,57)(H,51,52)/t20-,21+,22?,31-/m0/s1. The lowest BCUT2D eigenvalue weighted by Gasteiger charge is -2.37. The topological polar surface area (TPSA) is 158 Å². The zero-order valence-electron chi connectivity index (χ0n) is 33.7. The number of benzene rings is 3. The third-order valence-electron chi connectivity index (χ3n) is 10.2. The Hall–Kier alpha value is -5.67. The van der Waals surface area contributed by atoms with Gasteiger partial charge in [0.25, 0.3) is 18.4 Å². The van der Waals surface area contributed by atoms with Gasteiger partial charge in [0.2, 0.25) is 15.9 Å². The Morgan fingerprint density at radius 3 is 2.27 bits per heavy atom. The molecule has 0 saturated carbocycles. The highest BCUT2D eigenvalue weighted by atomic mass is 35.5. The van der Waals surface area contributed by atoms with Gasteiger partial charge in [-0.05, 0) is 81.8 Å². The number of ether oxygens (including phenoxy) is 1. The zero-order chi connectivity index (χ0) is 44.9. The summed E-state index contributed by atoms with van der Waals surface area (Å²) in [5.74, 6) is -3.47. The van der Waals surface area contributed by atoms with Gasteiger partial charge in [-0.1, -0.05) is 11.6 Å². The van der Waals surface area contributed by atoms with Crippen molar-refractivity contribution >= 4 is 60.8 Å². The molecular formula is C40H40ClF6N9O5S. The molecule has 4 atom stereocenters. The number of nitrogens with zero attached hydrogens (tertiary/aromatic N) is 7. The predicted octanol–water partition coefficient (Wildman–Crippen LogP) is 7.02. The Morgan fingerprint density at radius 2 is 1.66 bits per heavy atom. The molecule has 1 saturated heterocycles. The number of rotatable bonds is 13. The molecule has 14 nitrogen and oxygen atoms in total. The van der Waals surface area contributed by atoms with Gasteiger partial charge < -0.3 is 15.0 Å². The highest BCUT2D eigenvalue weighted by Crippen LogP contribution is 2.37. The molecule has 0 radical (unpaired) electrons. The third kappa shape index (κ3) is 9.24. The van der Waals surface area contributed by atoms with Crippen molar-refractivity contribution in [1.29, 1.82) is 0 Å².